The molecule has 0 radical (unpaired) electrons. The number of hydrogen-bond acceptors (Lipinski definition) is 3. The first kappa shape index (κ1) is 15.2. The lowest BCUT2D eigenvalue weighted by Crippen LogP contribution is -2.32. The Balaban J connectivity index is 1.80. The fourth-order valence-corrected chi connectivity index (χ4v) is 4.52. The Kier molecular flexibility index (Phi) is 5.18. The van der Waals surface area contributed by atoms with Crippen LogP contribution in [-0.2, 0) is 9.53 Å². The van der Waals surface area contributed by atoms with E-state index in [1.807, 2.05) is 13.8 Å². The molecule has 4 heteroatoms. The van der Waals surface area contributed by atoms with Gasteiger partial charge in [-0.2, -0.15) is 0 Å². The zero-order chi connectivity index (χ0) is 13.9. The summed E-state index contributed by atoms with van der Waals surface area (Å²) in [5, 5.41) is 8.90. The zero-order valence-corrected chi connectivity index (χ0v) is 12.9. The van der Waals surface area contributed by atoms with Gasteiger partial charge in [-0.25, -0.2) is 0 Å². The van der Waals surface area contributed by atoms with E-state index in [0.29, 0.717) is 0 Å². The average molecular weight is 286 g/mol. The fraction of sp³-hybridized carbons (Fsp3) is 0.933. The lowest BCUT2D eigenvalue weighted by molar-refractivity contribution is -0.137. The molecule has 1 aliphatic carbocycles. The molecule has 0 amide bonds. The highest BCUT2D eigenvalue weighted by molar-refractivity contribution is 8.00. The second-order valence-electron chi connectivity index (χ2n) is 6.36. The molecule has 110 valence electrons. The molecule has 2 aliphatic rings. The lowest BCUT2D eigenvalue weighted by atomic mass is 9.83. The van der Waals surface area contributed by atoms with Gasteiger partial charge in [0.15, 0.2) is 0 Å². The minimum absolute atomic E-state index is 0.153. The fourth-order valence-electron chi connectivity index (χ4n) is 3.34. The highest BCUT2D eigenvalue weighted by atomic mass is 32.2. The van der Waals surface area contributed by atoms with Crippen LogP contribution in [0.5, 0.6) is 0 Å². The molecule has 0 bridgehead atoms. The summed E-state index contributed by atoms with van der Waals surface area (Å²) in [5.41, 5.74) is 0.153. The van der Waals surface area contributed by atoms with Crippen molar-refractivity contribution in [3.05, 3.63) is 0 Å². The van der Waals surface area contributed by atoms with Crippen molar-refractivity contribution in [2.75, 3.05) is 5.75 Å². The first-order valence-electron chi connectivity index (χ1n) is 7.55. The van der Waals surface area contributed by atoms with Crippen LogP contribution in [0.1, 0.15) is 58.8 Å². The van der Waals surface area contributed by atoms with Gasteiger partial charge in [0.2, 0.25) is 0 Å². The summed E-state index contributed by atoms with van der Waals surface area (Å²) < 4.78 is 6.29. The molecule has 2 unspecified atom stereocenters. The third kappa shape index (κ3) is 3.88. The molecule has 0 aromatic heterocycles. The number of carbonyl (C=O) groups is 1. The second-order valence-corrected chi connectivity index (χ2v) is 7.53. The normalized spacial score (nSPS) is 27.8. The van der Waals surface area contributed by atoms with E-state index in [9.17, 15) is 9.90 Å². The molecule has 3 nitrogen and oxygen atoms in total. The summed E-state index contributed by atoms with van der Waals surface area (Å²) in [7, 11) is 0. The van der Waals surface area contributed by atoms with Crippen LogP contribution >= 0.6 is 11.8 Å². The maximum Gasteiger partial charge on any atom is 0.316 e. The first-order chi connectivity index (χ1) is 9.02. The van der Waals surface area contributed by atoms with Crippen LogP contribution in [0.2, 0.25) is 0 Å². The Hall–Kier alpha value is -0.220. The molecule has 0 aromatic rings. The molecule has 0 aromatic carbocycles. The molecule has 1 spiro atoms. The van der Waals surface area contributed by atoms with Crippen LogP contribution < -0.4 is 0 Å². The standard InChI is InChI=1S/C15H26O3S/c1-11(2)13(14(16)17)19-10-12-6-9-15(18-12)7-4-3-5-8-15/h11-13H,3-10H2,1-2H3,(H,16,17). The SMILES string of the molecule is CC(C)C(SCC1CCC2(CCCCC2)O1)C(=O)O. The van der Waals surface area contributed by atoms with Crippen LogP contribution in [-0.4, -0.2) is 33.8 Å². The third-order valence-corrected chi connectivity index (χ3v) is 6.08. The predicted octanol–water partition coefficient (Wildman–Crippen LogP) is 3.71. The number of hydrogen-bond donors (Lipinski definition) is 1. The van der Waals surface area contributed by atoms with Crippen LogP contribution in [0.15, 0.2) is 0 Å². The summed E-state index contributed by atoms with van der Waals surface area (Å²) in [6, 6.07) is 0. The van der Waals surface area contributed by atoms with Crippen molar-refractivity contribution in [2.24, 2.45) is 5.92 Å². The number of thioether (sulfide) groups is 1. The van der Waals surface area contributed by atoms with Gasteiger partial charge in [0.05, 0.1) is 11.7 Å². The minimum Gasteiger partial charge on any atom is -0.480 e. The van der Waals surface area contributed by atoms with Crippen molar-refractivity contribution < 1.29 is 14.6 Å². The predicted molar refractivity (Wildman–Crippen MR) is 78.6 cm³/mol. The maximum absolute atomic E-state index is 11.2. The Morgan fingerprint density at radius 1 is 1.32 bits per heavy atom. The molecule has 1 aliphatic heterocycles. The molecule has 2 atom stereocenters. The Morgan fingerprint density at radius 3 is 2.58 bits per heavy atom. The van der Waals surface area contributed by atoms with Gasteiger partial charge in [0.1, 0.15) is 5.25 Å². The van der Waals surface area contributed by atoms with Gasteiger partial charge in [-0.15, -0.1) is 11.8 Å². The van der Waals surface area contributed by atoms with Gasteiger partial charge >= 0.3 is 5.97 Å². The maximum atomic E-state index is 11.2. The van der Waals surface area contributed by atoms with E-state index in [2.05, 4.69) is 0 Å². The topological polar surface area (TPSA) is 46.5 Å². The second kappa shape index (κ2) is 6.49. The minimum atomic E-state index is -0.689. The lowest BCUT2D eigenvalue weighted by Gasteiger charge is -2.33. The van der Waals surface area contributed by atoms with Crippen LogP contribution in [0.25, 0.3) is 0 Å². The van der Waals surface area contributed by atoms with Crippen molar-refractivity contribution in [3.8, 4) is 0 Å². The van der Waals surface area contributed by atoms with Gasteiger partial charge in [0, 0.05) is 5.75 Å². The number of carboxylic acids is 1. The molecule has 1 saturated heterocycles. The summed E-state index contributed by atoms with van der Waals surface area (Å²) in [4.78, 5) is 11.2. The van der Waals surface area contributed by atoms with E-state index in [0.717, 1.165) is 12.2 Å². The summed E-state index contributed by atoms with van der Waals surface area (Å²) in [6.07, 6.45) is 8.91. The van der Waals surface area contributed by atoms with Crippen molar-refractivity contribution >= 4 is 17.7 Å². The van der Waals surface area contributed by atoms with Gasteiger partial charge in [-0.1, -0.05) is 33.1 Å². The number of rotatable bonds is 5. The van der Waals surface area contributed by atoms with E-state index in [1.165, 1.54) is 38.5 Å². The van der Waals surface area contributed by atoms with Crippen LogP contribution in [0.3, 0.4) is 0 Å². The Labute approximate surface area is 120 Å². The zero-order valence-electron chi connectivity index (χ0n) is 12.1. The van der Waals surface area contributed by atoms with E-state index in [4.69, 9.17) is 4.74 Å². The number of aliphatic carboxylic acids is 1. The molecule has 1 heterocycles. The molecular weight excluding hydrogens is 260 g/mol. The number of carboxylic acid groups (broad SMARTS) is 1. The average Bonchev–Trinajstić information content (AvgIpc) is 2.72. The van der Waals surface area contributed by atoms with E-state index in [1.54, 1.807) is 11.8 Å². The first-order valence-corrected chi connectivity index (χ1v) is 8.59. The van der Waals surface area contributed by atoms with Crippen LogP contribution in [0.4, 0.5) is 0 Å². The summed E-state index contributed by atoms with van der Waals surface area (Å²) in [6.45, 7) is 3.95. The van der Waals surface area contributed by atoms with Crippen molar-refractivity contribution in [3.63, 3.8) is 0 Å². The van der Waals surface area contributed by atoms with E-state index >= 15 is 0 Å². The summed E-state index contributed by atoms with van der Waals surface area (Å²) >= 11 is 1.56. The summed E-state index contributed by atoms with van der Waals surface area (Å²) in [5.74, 6) is 0.314. The molecule has 1 saturated carbocycles. The molecular formula is C15H26O3S. The van der Waals surface area contributed by atoms with Crippen molar-refractivity contribution in [1.82, 2.24) is 0 Å². The van der Waals surface area contributed by atoms with Crippen molar-refractivity contribution in [2.45, 2.75) is 75.7 Å². The van der Waals surface area contributed by atoms with Crippen molar-refractivity contribution in [1.29, 1.82) is 0 Å². The van der Waals surface area contributed by atoms with E-state index in [-0.39, 0.29) is 22.9 Å². The molecule has 1 N–H and O–H groups in total. The monoisotopic (exact) mass is 286 g/mol. The molecule has 2 fully saturated rings. The quantitative estimate of drug-likeness (QED) is 0.837. The third-order valence-electron chi connectivity index (χ3n) is 4.41. The number of ether oxygens (including phenoxy) is 1. The highest BCUT2D eigenvalue weighted by Crippen LogP contribution is 2.42. The van der Waals surface area contributed by atoms with Gasteiger partial charge in [-0.3, -0.25) is 4.79 Å². The smallest absolute Gasteiger partial charge is 0.316 e. The largest absolute Gasteiger partial charge is 0.480 e. The molecule has 19 heavy (non-hydrogen) atoms. The van der Waals surface area contributed by atoms with E-state index < -0.39 is 5.97 Å². The van der Waals surface area contributed by atoms with Gasteiger partial charge in [0.25, 0.3) is 0 Å². The van der Waals surface area contributed by atoms with Crippen LogP contribution in [0, 0.1) is 5.92 Å². The highest BCUT2D eigenvalue weighted by Gasteiger charge is 2.41. The van der Waals surface area contributed by atoms with Gasteiger partial charge in [-0.05, 0) is 31.6 Å². The Bertz CT molecular complexity index is 311. The van der Waals surface area contributed by atoms with Gasteiger partial charge < -0.3 is 9.84 Å². The Morgan fingerprint density at radius 2 is 2.00 bits per heavy atom. The molecule has 2 rings (SSSR count).